The number of hydrogen-bond acceptors (Lipinski definition) is 7. The molecule has 0 spiro atoms. The van der Waals surface area contributed by atoms with Gasteiger partial charge in [-0.25, -0.2) is 28.4 Å². The highest BCUT2D eigenvalue weighted by molar-refractivity contribution is 7.98. The van der Waals surface area contributed by atoms with E-state index in [-0.39, 0.29) is 5.82 Å². The van der Waals surface area contributed by atoms with Gasteiger partial charge in [-0.3, -0.25) is 4.99 Å². The van der Waals surface area contributed by atoms with Crippen LogP contribution in [0.25, 0.3) is 27.9 Å². The Hall–Kier alpha value is -4.92. The molecule has 1 atom stereocenters. The van der Waals surface area contributed by atoms with Crippen LogP contribution in [0.1, 0.15) is 31.9 Å². The Labute approximate surface area is 252 Å². The lowest BCUT2D eigenvalue weighted by Gasteiger charge is -2.20. The molecule has 1 aromatic carbocycles. The quantitative estimate of drug-likeness (QED) is 0.133. The second kappa shape index (κ2) is 12.5. The molecule has 2 N–H and O–H groups in total. The summed E-state index contributed by atoms with van der Waals surface area (Å²) in [4.78, 5) is 18.3. The van der Waals surface area contributed by atoms with Gasteiger partial charge in [-0.05, 0) is 79.3 Å². The fraction of sp³-hybridized carbons (Fsp3) is 0.152. The number of benzene rings is 1. The van der Waals surface area contributed by atoms with Crippen LogP contribution in [-0.4, -0.2) is 36.7 Å². The van der Waals surface area contributed by atoms with E-state index < -0.39 is 17.7 Å². The molecule has 216 valence electrons. The molecule has 7 nitrogen and oxygen atoms in total. The van der Waals surface area contributed by atoms with Gasteiger partial charge in [-0.15, -0.1) is 17.5 Å². The molecule has 5 rings (SSSR count). The van der Waals surface area contributed by atoms with Crippen molar-refractivity contribution in [3.05, 3.63) is 120 Å². The van der Waals surface area contributed by atoms with Crippen molar-refractivity contribution in [2.45, 2.75) is 31.3 Å². The van der Waals surface area contributed by atoms with Gasteiger partial charge in [0.1, 0.15) is 29.5 Å². The van der Waals surface area contributed by atoms with Gasteiger partial charge in [0, 0.05) is 29.5 Å². The van der Waals surface area contributed by atoms with E-state index in [0.717, 1.165) is 10.6 Å². The van der Waals surface area contributed by atoms with Crippen molar-refractivity contribution in [3.8, 4) is 11.3 Å². The number of anilines is 1. The third kappa shape index (κ3) is 6.16. The molecule has 0 bridgehead atoms. The highest BCUT2D eigenvalue weighted by Gasteiger charge is 2.26. The molecule has 0 unspecified atom stereocenters. The molecule has 0 amide bonds. The number of rotatable bonds is 7. The summed E-state index contributed by atoms with van der Waals surface area (Å²) in [6, 6.07) is 9.47. The summed E-state index contributed by atoms with van der Waals surface area (Å²) in [5, 5.41) is 6.40. The van der Waals surface area contributed by atoms with Gasteiger partial charge in [0.15, 0.2) is 5.65 Å². The molecular formula is C33H29F2N7S. The zero-order chi connectivity index (χ0) is 30.7. The van der Waals surface area contributed by atoms with Gasteiger partial charge in [0.25, 0.3) is 0 Å². The summed E-state index contributed by atoms with van der Waals surface area (Å²) in [6.45, 7) is 11.6. The minimum atomic E-state index is -0.583. The molecule has 0 saturated carbocycles. The van der Waals surface area contributed by atoms with Crippen LogP contribution in [0.3, 0.4) is 0 Å². The zero-order valence-corrected chi connectivity index (χ0v) is 24.8. The predicted octanol–water partition coefficient (Wildman–Crippen LogP) is 7.85. The van der Waals surface area contributed by atoms with E-state index in [2.05, 4.69) is 33.8 Å². The van der Waals surface area contributed by atoms with E-state index in [1.807, 2.05) is 32.2 Å². The van der Waals surface area contributed by atoms with E-state index in [1.54, 1.807) is 29.1 Å². The van der Waals surface area contributed by atoms with Crippen molar-refractivity contribution in [2.24, 2.45) is 4.99 Å². The average Bonchev–Trinajstić information content (AvgIpc) is 3.31. The second-order valence-corrected chi connectivity index (χ2v) is 10.7. The number of halogens is 2. The van der Waals surface area contributed by atoms with Gasteiger partial charge in [0.2, 0.25) is 0 Å². The van der Waals surface area contributed by atoms with Crippen LogP contribution in [0.5, 0.6) is 0 Å². The number of nitrogen functional groups attached to an aromatic ring is 1. The number of allylic oxidation sites excluding steroid dienone is 8. The molecule has 4 aromatic rings. The fourth-order valence-corrected chi connectivity index (χ4v) is 5.23. The van der Waals surface area contributed by atoms with Gasteiger partial charge in [0.05, 0.1) is 22.2 Å². The second-order valence-electron chi connectivity index (χ2n) is 9.89. The molecule has 1 aliphatic rings. The highest BCUT2D eigenvalue weighted by Crippen LogP contribution is 2.38. The maximum atomic E-state index is 14.6. The van der Waals surface area contributed by atoms with E-state index in [4.69, 9.17) is 15.8 Å². The zero-order valence-electron chi connectivity index (χ0n) is 24.0. The van der Waals surface area contributed by atoms with Crippen LogP contribution in [0.15, 0.2) is 119 Å². The molecule has 3 heterocycles. The third-order valence-corrected chi connectivity index (χ3v) is 7.62. The Morgan fingerprint density at radius 1 is 1.16 bits per heavy atom. The number of thioether (sulfide) groups is 1. The monoisotopic (exact) mass is 593 g/mol. The number of aliphatic imine (C=N–C) groups is 1. The molecule has 0 radical (unpaired) electrons. The van der Waals surface area contributed by atoms with Crippen LogP contribution in [0.4, 0.5) is 14.6 Å². The van der Waals surface area contributed by atoms with Gasteiger partial charge >= 0.3 is 0 Å². The largest absolute Gasteiger partial charge is 0.383 e. The lowest BCUT2D eigenvalue weighted by Crippen LogP contribution is -2.13. The maximum Gasteiger partial charge on any atom is 0.164 e. The molecular weight excluding hydrogens is 564 g/mol. The number of nitrogens with zero attached hydrogens (tertiary/aromatic N) is 6. The first-order valence-electron chi connectivity index (χ1n) is 13.4. The normalized spacial score (nSPS) is 15.6. The SMILES string of the molecule is C=C=C(C)/C(=C(\N=C1C=CC(F)=CC(=C)C1)[C@H](C)n1nc(-c2ccc(SC)nc2)c2c(N)ncnc21)c1cccc(F)c1. The Balaban J connectivity index is 1.81. The Morgan fingerprint density at radius 2 is 1.98 bits per heavy atom. The first-order valence-corrected chi connectivity index (χ1v) is 14.6. The van der Waals surface area contributed by atoms with Crippen molar-refractivity contribution in [2.75, 3.05) is 12.0 Å². The Kier molecular flexibility index (Phi) is 8.61. The molecule has 3 aromatic heterocycles. The summed E-state index contributed by atoms with van der Waals surface area (Å²) >= 11 is 1.53. The minimum Gasteiger partial charge on any atom is -0.383 e. The summed E-state index contributed by atoms with van der Waals surface area (Å²) in [6.07, 6.45) is 9.70. The minimum absolute atomic E-state index is 0.265. The van der Waals surface area contributed by atoms with Gasteiger partial charge < -0.3 is 5.73 Å². The van der Waals surface area contributed by atoms with Crippen molar-refractivity contribution in [1.82, 2.24) is 24.7 Å². The summed E-state index contributed by atoms with van der Waals surface area (Å²) < 4.78 is 30.5. The van der Waals surface area contributed by atoms with Crippen LogP contribution in [-0.2, 0) is 0 Å². The van der Waals surface area contributed by atoms with Crippen molar-refractivity contribution in [1.29, 1.82) is 0 Å². The number of nitrogens with two attached hydrogens (primary N) is 1. The number of aromatic nitrogens is 5. The van der Waals surface area contributed by atoms with Crippen molar-refractivity contribution < 1.29 is 8.78 Å². The molecule has 43 heavy (non-hydrogen) atoms. The van der Waals surface area contributed by atoms with E-state index in [0.29, 0.717) is 56.8 Å². The van der Waals surface area contributed by atoms with Crippen molar-refractivity contribution >= 4 is 39.9 Å². The van der Waals surface area contributed by atoms with Crippen LogP contribution < -0.4 is 5.73 Å². The van der Waals surface area contributed by atoms with E-state index >= 15 is 0 Å². The highest BCUT2D eigenvalue weighted by atomic mass is 32.2. The van der Waals surface area contributed by atoms with E-state index in [9.17, 15) is 8.78 Å². The molecule has 1 aliphatic carbocycles. The summed E-state index contributed by atoms with van der Waals surface area (Å²) in [5.41, 5.74) is 14.6. The Bertz CT molecular complexity index is 1910. The van der Waals surface area contributed by atoms with E-state index in [1.165, 1.54) is 42.4 Å². The summed E-state index contributed by atoms with van der Waals surface area (Å²) in [5.74, 6) is -0.562. The van der Waals surface area contributed by atoms with Gasteiger partial charge in [-0.1, -0.05) is 25.3 Å². The van der Waals surface area contributed by atoms with Gasteiger partial charge in [-0.2, -0.15) is 5.10 Å². The Morgan fingerprint density at radius 3 is 2.67 bits per heavy atom. The predicted molar refractivity (Wildman–Crippen MR) is 171 cm³/mol. The number of hydrogen-bond donors (Lipinski definition) is 1. The molecule has 0 saturated heterocycles. The summed E-state index contributed by atoms with van der Waals surface area (Å²) in [7, 11) is 0. The van der Waals surface area contributed by atoms with Crippen molar-refractivity contribution in [3.63, 3.8) is 0 Å². The molecule has 0 fully saturated rings. The number of fused-ring (bicyclic) bond motifs is 1. The third-order valence-electron chi connectivity index (χ3n) is 6.96. The molecule has 0 aliphatic heterocycles. The lowest BCUT2D eigenvalue weighted by molar-refractivity contribution is 0.567. The number of pyridine rings is 1. The van der Waals surface area contributed by atoms with Crippen LogP contribution in [0, 0.1) is 5.82 Å². The first-order chi connectivity index (χ1) is 20.7. The van der Waals surface area contributed by atoms with Crippen LogP contribution in [0.2, 0.25) is 0 Å². The van der Waals surface area contributed by atoms with Crippen LogP contribution >= 0.6 is 11.8 Å². The first kappa shape index (κ1) is 29.6. The molecule has 10 heteroatoms. The maximum absolute atomic E-state index is 14.6. The topological polar surface area (TPSA) is 94.9 Å². The smallest absolute Gasteiger partial charge is 0.164 e. The standard InChI is InChI=1S/C33H29F2N7S/c1-6-20(3)28(22-8-7-9-24(34)16-22)30(40-26-12-11-25(35)14-19(2)15-26)21(4)42-33-29(32(36)38-18-39-33)31(41-42)23-10-13-27(43-5)37-17-23/h7-14,16-18,21H,1-2,15H2,3-5H3,(H2,36,38,39)/b30-28+,40-26?/t21-/m0/s1. The average molecular weight is 594 g/mol. The fourth-order valence-electron chi connectivity index (χ4n) is 4.86. The lowest BCUT2D eigenvalue weighted by atomic mass is 9.94.